The van der Waals surface area contributed by atoms with Crippen LogP contribution < -0.4 is 15.9 Å². The Morgan fingerprint density at radius 3 is 2.42 bits per heavy atom. The first-order valence-corrected chi connectivity index (χ1v) is 7.76. The normalized spacial score (nSPS) is 20.2. The second-order valence-corrected chi connectivity index (χ2v) is 6.03. The van der Waals surface area contributed by atoms with Crippen molar-refractivity contribution in [1.82, 2.24) is 10.6 Å². The van der Waals surface area contributed by atoms with Gasteiger partial charge in [-0.3, -0.25) is 4.79 Å². The van der Waals surface area contributed by atoms with Gasteiger partial charge >= 0.3 is 0 Å². The van der Waals surface area contributed by atoms with Crippen LogP contribution in [0.2, 0.25) is 0 Å². The van der Waals surface area contributed by atoms with Crippen molar-refractivity contribution in [1.29, 1.82) is 0 Å². The molecule has 1 unspecified atom stereocenters. The fourth-order valence-corrected chi connectivity index (χ4v) is 3.35. The van der Waals surface area contributed by atoms with Gasteiger partial charge in [0.15, 0.2) is 16.6 Å². The number of hydrogen-bond donors (Lipinski definition) is 4. The molecule has 2 aromatic carbocycles. The van der Waals surface area contributed by atoms with Gasteiger partial charge in [0.1, 0.15) is 0 Å². The van der Waals surface area contributed by atoms with Gasteiger partial charge < -0.3 is 15.8 Å². The minimum Gasteiger partial charge on any atom is -0.595 e. The Morgan fingerprint density at radius 2 is 1.75 bits per heavy atom. The number of hydrogen-bond acceptors (Lipinski definition) is 4. The molecule has 1 aliphatic carbocycles. The molecule has 1 aliphatic heterocycles. The minimum atomic E-state index is -0.986. The number of nitrogens with one attached hydrogen (secondary N) is 3. The molecule has 0 radical (unpaired) electrons. The van der Waals surface area contributed by atoms with E-state index in [0.717, 1.165) is 16.8 Å². The molecule has 0 aromatic heterocycles. The summed E-state index contributed by atoms with van der Waals surface area (Å²) in [5, 5.41) is 25.7. The van der Waals surface area contributed by atoms with Gasteiger partial charge in [-0.15, -0.1) is 0 Å². The average Bonchev–Trinajstić information content (AvgIpc) is 2.87. The predicted molar refractivity (Wildman–Crippen MR) is 91.5 cm³/mol. The Kier molecular flexibility index (Phi) is 3.43. The van der Waals surface area contributed by atoms with E-state index in [1.54, 1.807) is 18.2 Å². The molecule has 24 heavy (non-hydrogen) atoms. The number of thiocarbonyl (C=S) groups is 1. The predicted octanol–water partition coefficient (Wildman–Crippen LogP) is 1.22. The van der Waals surface area contributed by atoms with Crippen molar-refractivity contribution < 1.29 is 15.2 Å². The summed E-state index contributed by atoms with van der Waals surface area (Å²) >= 11 is 5.28. The number of carbonyl (C=O) groups is 1. The maximum atomic E-state index is 12.8. The largest absolute Gasteiger partial charge is 0.595 e. The quantitative estimate of drug-likeness (QED) is 0.486. The molecule has 2 aliphatic rings. The first-order valence-electron chi connectivity index (χ1n) is 7.35. The van der Waals surface area contributed by atoms with E-state index in [4.69, 9.17) is 17.4 Å². The molecule has 1 heterocycles. The van der Waals surface area contributed by atoms with E-state index < -0.39 is 11.3 Å². The average molecular weight is 339 g/mol. The van der Waals surface area contributed by atoms with Crippen LogP contribution in [0.5, 0.6) is 0 Å². The van der Waals surface area contributed by atoms with Crippen molar-refractivity contribution in [2.24, 2.45) is 0 Å². The molecule has 0 fully saturated rings. The monoisotopic (exact) mass is 339 g/mol. The van der Waals surface area contributed by atoms with Crippen LogP contribution in [-0.4, -0.2) is 16.1 Å². The maximum absolute atomic E-state index is 12.8. The van der Waals surface area contributed by atoms with Crippen LogP contribution in [0.3, 0.4) is 0 Å². The van der Waals surface area contributed by atoms with E-state index in [9.17, 15) is 10.0 Å². The Labute approximate surface area is 142 Å². The smallest absolute Gasteiger partial charge is 0.194 e. The standard InChI is InChI=1S/C17H13N3O3S/c21-16-12-4-2-1-3-11(12)15-13(16)14(18-17(24)19-15)9-5-7-10(8-6-9)20(22)23/h1-8,14,20,22H,(H2,18,19,24)/t14-/m0/s1. The summed E-state index contributed by atoms with van der Waals surface area (Å²) in [6.07, 6.45) is 0. The number of Topliss-reactive ketones (excluding diaryl/α,β-unsaturated/α-hetero) is 1. The van der Waals surface area contributed by atoms with Gasteiger partial charge in [0.2, 0.25) is 0 Å². The molecule has 4 N–H and O–H groups in total. The van der Waals surface area contributed by atoms with E-state index in [0.29, 0.717) is 16.2 Å². The number of carbonyl (C=O) groups excluding carboxylic acids is 1. The molecule has 0 spiro atoms. The third kappa shape index (κ3) is 2.22. The number of fused-ring (bicyclic) bond motifs is 2. The highest BCUT2D eigenvalue weighted by molar-refractivity contribution is 7.80. The number of benzene rings is 2. The molecule has 4 rings (SSSR count). The van der Waals surface area contributed by atoms with E-state index >= 15 is 0 Å². The molecule has 2 atom stereocenters. The highest BCUT2D eigenvalue weighted by Gasteiger charge is 2.38. The zero-order valence-corrected chi connectivity index (χ0v) is 13.2. The van der Waals surface area contributed by atoms with Crippen molar-refractivity contribution in [3.63, 3.8) is 0 Å². The van der Waals surface area contributed by atoms with Crippen LogP contribution in [-0.2, 0) is 0 Å². The lowest BCUT2D eigenvalue weighted by Crippen LogP contribution is -2.99. The van der Waals surface area contributed by atoms with Crippen LogP contribution in [0, 0.1) is 5.21 Å². The summed E-state index contributed by atoms with van der Waals surface area (Å²) < 4.78 is 0. The molecule has 6 nitrogen and oxygen atoms in total. The van der Waals surface area contributed by atoms with Crippen molar-refractivity contribution in [3.8, 4) is 0 Å². The lowest BCUT2D eigenvalue weighted by molar-refractivity contribution is -0.991. The van der Waals surface area contributed by atoms with Gasteiger partial charge in [-0.1, -0.05) is 36.4 Å². The highest BCUT2D eigenvalue weighted by atomic mass is 32.1. The third-order valence-electron chi connectivity index (χ3n) is 4.25. The van der Waals surface area contributed by atoms with Crippen molar-refractivity contribution >= 4 is 34.5 Å². The molecule has 0 saturated carbocycles. The molecule has 0 saturated heterocycles. The molecular formula is C17H13N3O3S. The molecule has 2 aromatic rings. The van der Waals surface area contributed by atoms with E-state index in [1.807, 2.05) is 18.2 Å². The van der Waals surface area contributed by atoms with Gasteiger partial charge in [-0.2, -0.15) is 5.23 Å². The fraction of sp³-hybridized carbons (Fsp3) is 0.0588. The van der Waals surface area contributed by atoms with Gasteiger partial charge in [0.25, 0.3) is 0 Å². The SMILES string of the molecule is O=C1C2=C(NC(=S)N[C@H]2c2ccc([NH+]([O-])O)cc2)c2ccccc21. The Bertz CT molecular complexity index is 890. The number of ketones is 1. The zero-order chi connectivity index (χ0) is 16.8. The highest BCUT2D eigenvalue weighted by Crippen LogP contribution is 2.39. The second kappa shape index (κ2) is 5.50. The van der Waals surface area contributed by atoms with E-state index in [-0.39, 0.29) is 11.5 Å². The maximum Gasteiger partial charge on any atom is 0.194 e. The molecular weight excluding hydrogens is 326 g/mol. The summed E-state index contributed by atoms with van der Waals surface area (Å²) in [7, 11) is 0. The third-order valence-corrected chi connectivity index (χ3v) is 4.47. The summed E-state index contributed by atoms with van der Waals surface area (Å²) in [6, 6.07) is 13.5. The summed E-state index contributed by atoms with van der Waals surface area (Å²) in [5.74, 6) is -0.0459. The molecule has 7 heteroatoms. The molecule has 120 valence electrons. The van der Waals surface area contributed by atoms with Crippen molar-refractivity contribution in [2.45, 2.75) is 6.04 Å². The summed E-state index contributed by atoms with van der Waals surface area (Å²) in [4.78, 5) is 12.8. The number of rotatable bonds is 2. The summed E-state index contributed by atoms with van der Waals surface area (Å²) in [6.45, 7) is 0. The van der Waals surface area contributed by atoms with Crippen LogP contribution in [0.25, 0.3) is 5.70 Å². The first-order chi connectivity index (χ1) is 11.6. The second-order valence-electron chi connectivity index (χ2n) is 5.62. The fourth-order valence-electron chi connectivity index (χ4n) is 3.13. The van der Waals surface area contributed by atoms with Crippen LogP contribution in [0.15, 0.2) is 54.1 Å². The Morgan fingerprint density at radius 1 is 1.08 bits per heavy atom. The summed E-state index contributed by atoms with van der Waals surface area (Å²) in [5.41, 5.74) is 3.81. The Hall–Kier alpha value is -2.58. The molecule has 0 bridgehead atoms. The van der Waals surface area contributed by atoms with Gasteiger partial charge in [-0.25, -0.2) is 5.21 Å². The van der Waals surface area contributed by atoms with E-state index in [2.05, 4.69) is 10.6 Å². The minimum absolute atomic E-state index is 0.0459. The van der Waals surface area contributed by atoms with Crippen LogP contribution >= 0.6 is 12.2 Å². The van der Waals surface area contributed by atoms with Crippen molar-refractivity contribution in [2.75, 3.05) is 0 Å². The van der Waals surface area contributed by atoms with E-state index in [1.165, 1.54) is 12.1 Å². The number of quaternary nitrogens is 1. The lowest BCUT2D eigenvalue weighted by Gasteiger charge is -2.28. The van der Waals surface area contributed by atoms with Gasteiger partial charge in [0, 0.05) is 23.3 Å². The topological polar surface area (TPSA) is 88.9 Å². The van der Waals surface area contributed by atoms with Crippen molar-refractivity contribution in [3.05, 3.63) is 76.0 Å². The van der Waals surface area contributed by atoms with Gasteiger partial charge in [0.05, 0.1) is 17.3 Å². The lowest BCUT2D eigenvalue weighted by atomic mass is 9.94. The van der Waals surface area contributed by atoms with Crippen LogP contribution in [0.4, 0.5) is 5.69 Å². The van der Waals surface area contributed by atoms with Crippen LogP contribution in [0.1, 0.15) is 27.5 Å². The first kappa shape index (κ1) is 15.0. The zero-order valence-electron chi connectivity index (χ0n) is 12.4. The van der Waals surface area contributed by atoms with Gasteiger partial charge in [-0.05, 0) is 17.8 Å². The Balaban J connectivity index is 1.81. The molecule has 0 amide bonds.